The maximum atomic E-state index is 10.9. The standard InChI is InChI=1S/C12H13NO4/c1-12(7-8-14,11(15)16)13-17-9-10-5-3-2-4-6-10/h2-7,13H,9H2,1H3,(H,15,16). The van der Waals surface area contributed by atoms with Crippen molar-refractivity contribution in [1.82, 2.24) is 5.48 Å². The van der Waals surface area contributed by atoms with Gasteiger partial charge in [0.05, 0.1) is 6.61 Å². The first-order chi connectivity index (χ1) is 8.08. The number of carboxylic acids is 1. The van der Waals surface area contributed by atoms with Crippen molar-refractivity contribution in [3.63, 3.8) is 0 Å². The Morgan fingerprint density at radius 3 is 2.71 bits per heavy atom. The molecule has 0 amide bonds. The van der Waals surface area contributed by atoms with Gasteiger partial charge in [-0.05, 0) is 12.5 Å². The van der Waals surface area contributed by atoms with E-state index in [9.17, 15) is 9.59 Å². The zero-order valence-corrected chi connectivity index (χ0v) is 9.34. The molecule has 0 aliphatic rings. The van der Waals surface area contributed by atoms with Crippen molar-refractivity contribution in [3.05, 3.63) is 42.0 Å². The lowest BCUT2D eigenvalue weighted by Gasteiger charge is -2.20. The summed E-state index contributed by atoms with van der Waals surface area (Å²) in [5.41, 5.74) is 1.65. The first-order valence-electron chi connectivity index (χ1n) is 4.97. The SMILES string of the molecule is CC(C=C=O)(NOCc1ccccc1)C(=O)O. The summed E-state index contributed by atoms with van der Waals surface area (Å²) < 4.78 is 0. The molecule has 0 heterocycles. The van der Waals surface area contributed by atoms with Gasteiger partial charge in [0.2, 0.25) is 0 Å². The Bertz CT molecular complexity index is 421. The first-order valence-corrected chi connectivity index (χ1v) is 4.97. The van der Waals surface area contributed by atoms with Crippen molar-refractivity contribution in [1.29, 1.82) is 0 Å². The van der Waals surface area contributed by atoms with Crippen LogP contribution in [0.15, 0.2) is 36.4 Å². The number of hydrogen-bond donors (Lipinski definition) is 2. The van der Waals surface area contributed by atoms with E-state index in [1.54, 1.807) is 0 Å². The summed E-state index contributed by atoms with van der Waals surface area (Å²) in [5.74, 6) is 0.226. The number of hydrogen-bond acceptors (Lipinski definition) is 4. The van der Waals surface area contributed by atoms with Gasteiger partial charge in [-0.15, -0.1) is 0 Å². The molecule has 0 aliphatic heterocycles. The van der Waals surface area contributed by atoms with Crippen molar-refractivity contribution in [3.8, 4) is 0 Å². The van der Waals surface area contributed by atoms with E-state index in [2.05, 4.69) is 5.48 Å². The number of carbonyl (C=O) groups is 1. The summed E-state index contributed by atoms with van der Waals surface area (Å²) in [6, 6.07) is 9.25. The van der Waals surface area contributed by atoms with E-state index < -0.39 is 11.5 Å². The van der Waals surface area contributed by atoms with E-state index >= 15 is 0 Å². The van der Waals surface area contributed by atoms with Crippen LogP contribution in [0.2, 0.25) is 0 Å². The molecular formula is C12H13NO4. The molecule has 17 heavy (non-hydrogen) atoms. The topological polar surface area (TPSA) is 75.6 Å². The molecule has 1 atom stereocenters. The molecule has 0 aromatic heterocycles. The number of carboxylic acid groups (broad SMARTS) is 1. The molecule has 1 aromatic rings. The number of carbonyl (C=O) groups excluding carboxylic acids is 1. The Kier molecular flexibility index (Phi) is 4.60. The maximum absolute atomic E-state index is 10.9. The highest BCUT2D eigenvalue weighted by molar-refractivity contribution is 5.83. The molecular weight excluding hydrogens is 222 g/mol. The Balaban J connectivity index is 2.54. The number of hydroxylamine groups is 1. The van der Waals surface area contributed by atoms with Crippen LogP contribution in [-0.2, 0) is 21.0 Å². The van der Waals surface area contributed by atoms with Gasteiger partial charge < -0.3 is 5.11 Å². The summed E-state index contributed by atoms with van der Waals surface area (Å²) in [7, 11) is 0. The van der Waals surface area contributed by atoms with Crippen LogP contribution in [0.5, 0.6) is 0 Å². The van der Waals surface area contributed by atoms with Gasteiger partial charge in [0.1, 0.15) is 5.94 Å². The molecule has 1 aromatic carbocycles. The number of rotatable bonds is 6. The van der Waals surface area contributed by atoms with Gasteiger partial charge >= 0.3 is 5.97 Å². The third-order valence-electron chi connectivity index (χ3n) is 2.16. The minimum absolute atomic E-state index is 0.205. The molecule has 0 fully saturated rings. The third kappa shape index (κ3) is 3.85. The lowest BCUT2D eigenvalue weighted by Crippen LogP contribution is -2.47. The molecule has 0 aliphatic carbocycles. The fourth-order valence-electron chi connectivity index (χ4n) is 1.10. The maximum Gasteiger partial charge on any atom is 0.330 e. The number of nitrogens with one attached hydrogen (secondary N) is 1. The van der Waals surface area contributed by atoms with Crippen LogP contribution in [0.25, 0.3) is 0 Å². The van der Waals surface area contributed by atoms with E-state index in [-0.39, 0.29) is 6.61 Å². The fraction of sp³-hybridized carbons (Fsp3) is 0.250. The molecule has 0 saturated heterocycles. The first kappa shape index (κ1) is 13.1. The van der Waals surface area contributed by atoms with Crippen LogP contribution in [0.3, 0.4) is 0 Å². The van der Waals surface area contributed by atoms with E-state index in [0.29, 0.717) is 0 Å². The molecule has 0 radical (unpaired) electrons. The lowest BCUT2D eigenvalue weighted by molar-refractivity contribution is -0.148. The van der Waals surface area contributed by atoms with Crippen LogP contribution in [-0.4, -0.2) is 22.6 Å². The van der Waals surface area contributed by atoms with Gasteiger partial charge in [-0.1, -0.05) is 30.3 Å². The van der Waals surface area contributed by atoms with Crippen LogP contribution in [0.1, 0.15) is 12.5 Å². The highest BCUT2D eigenvalue weighted by Crippen LogP contribution is 2.06. The summed E-state index contributed by atoms with van der Waals surface area (Å²) in [4.78, 5) is 26.2. The molecule has 0 spiro atoms. The molecule has 0 bridgehead atoms. The Morgan fingerprint density at radius 1 is 1.53 bits per heavy atom. The van der Waals surface area contributed by atoms with Gasteiger partial charge in [-0.25, -0.2) is 9.59 Å². The second-order valence-electron chi connectivity index (χ2n) is 3.65. The van der Waals surface area contributed by atoms with Crippen LogP contribution in [0, 0.1) is 0 Å². The second-order valence-corrected chi connectivity index (χ2v) is 3.65. The largest absolute Gasteiger partial charge is 0.480 e. The van der Waals surface area contributed by atoms with Crippen molar-refractivity contribution < 1.29 is 19.5 Å². The van der Waals surface area contributed by atoms with Crippen molar-refractivity contribution in [2.24, 2.45) is 0 Å². The molecule has 1 unspecified atom stereocenters. The minimum Gasteiger partial charge on any atom is -0.480 e. The van der Waals surface area contributed by atoms with E-state index in [4.69, 9.17) is 9.94 Å². The van der Waals surface area contributed by atoms with E-state index in [0.717, 1.165) is 11.6 Å². The predicted octanol–water partition coefficient (Wildman–Crippen LogP) is 0.939. The van der Waals surface area contributed by atoms with Crippen LogP contribution < -0.4 is 5.48 Å². The summed E-state index contributed by atoms with van der Waals surface area (Å²) >= 11 is 0. The van der Waals surface area contributed by atoms with E-state index in [1.807, 2.05) is 30.3 Å². The van der Waals surface area contributed by atoms with Gasteiger partial charge in [0, 0.05) is 6.08 Å². The summed E-state index contributed by atoms with van der Waals surface area (Å²) in [6.07, 6.45) is 0.861. The molecule has 5 heteroatoms. The fourth-order valence-corrected chi connectivity index (χ4v) is 1.10. The molecule has 90 valence electrons. The average Bonchev–Trinajstić information content (AvgIpc) is 2.30. The van der Waals surface area contributed by atoms with Gasteiger partial charge in [-0.3, -0.25) is 4.84 Å². The Morgan fingerprint density at radius 2 is 2.18 bits per heavy atom. The minimum atomic E-state index is -1.57. The zero-order valence-electron chi connectivity index (χ0n) is 9.34. The number of benzene rings is 1. The zero-order chi connectivity index (χ0) is 12.7. The Hall–Kier alpha value is -1.94. The van der Waals surface area contributed by atoms with Gasteiger partial charge in [0.15, 0.2) is 5.54 Å². The highest BCUT2D eigenvalue weighted by atomic mass is 16.6. The van der Waals surface area contributed by atoms with Gasteiger partial charge in [0.25, 0.3) is 0 Å². The van der Waals surface area contributed by atoms with Crippen molar-refractivity contribution in [2.45, 2.75) is 19.1 Å². The van der Waals surface area contributed by atoms with Crippen LogP contribution >= 0.6 is 0 Å². The van der Waals surface area contributed by atoms with Crippen molar-refractivity contribution >= 4 is 11.9 Å². The van der Waals surface area contributed by atoms with Gasteiger partial charge in [-0.2, -0.15) is 5.48 Å². The summed E-state index contributed by atoms with van der Waals surface area (Å²) in [6.45, 7) is 1.52. The quantitative estimate of drug-likeness (QED) is 0.567. The highest BCUT2D eigenvalue weighted by Gasteiger charge is 2.31. The number of aliphatic carboxylic acids is 1. The van der Waals surface area contributed by atoms with Crippen LogP contribution in [0.4, 0.5) is 0 Å². The molecule has 0 saturated carbocycles. The predicted molar refractivity (Wildman–Crippen MR) is 60.7 cm³/mol. The molecule has 1 rings (SSSR count). The monoisotopic (exact) mass is 235 g/mol. The summed E-state index contributed by atoms with van der Waals surface area (Å²) in [5, 5.41) is 8.91. The average molecular weight is 235 g/mol. The lowest BCUT2D eigenvalue weighted by atomic mass is 10.1. The molecule has 2 N–H and O–H groups in total. The third-order valence-corrected chi connectivity index (χ3v) is 2.16. The smallest absolute Gasteiger partial charge is 0.330 e. The second kappa shape index (κ2) is 5.96. The van der Waals surface area contributed by atoms with Crippen molar-refractivity contribution in [2.75, 3.05) is 0 Å². The normalized spacial score (nSPS) is 13.5. The Labute approximate surface area is 98.7 Å². The molecule has 5 nitrogen and oxygen atoms in total. The van der Waals surface area contributed by atoms with E-state index in [1.165, 1.54) is 12.9 Å².